The number of fused-ring (bicyclic) bond motifs is 1. The number of carbonyl (C=O) groups is 1. The lowest BCUT2D eigenvalue weighted by Crippen LogP contribution is -2.28. The van der Waals surface area contributed by atoms with Crippen LogP contribution in [0.15, 0.2) is 71.0 Å². The fourth-order valence-electron chi connectivity index (χ4n) is 2.86. The molecule has 2 heterocycles. The Morgan fingerprint density at radius 2 is 1.93 bits per heavy atom. The SMILES string of the molecule is O=C(NCc1ccc(Cl)cc1)c1c[nH]c2ccc(-c3cccs3)cc2c1=O. The molecule has 0 unspecified atom stereocenters. The third kappa shape index (κ3) is 3.65. The Balaban J connectivity index is 1.63. The first-order valence-corrected chi connectivity index (χ1v) is 9.59. The Hall–Kier alpha value is -2.89. The van der Waals surface area contributed by atoms with E-state index in [4.69, 9.17) is 11.6 Å². The van der Waals surface area contributed by atoms with E-state index in [0.29, 0.717) is 22.5 Å². The molecule has 2 N–H and O–H groups in total. The molecular formula is C21H15ClN2O2S. The van der Waals surface area contributed by atoms with Gasteiger partial charge in [-0.25, -0.2) is 0 Å². The monoisotopic (exact) mass is 394 g/mol. The van der Waals surface area contributed by atoms with Crippen molar-refractivity contribution in [3.63, 3.8) is 0 Å². The van der Waals surface area contributed by atoms with Crippen molar-refractivity contribution in [1.82, 2.24) is 10.3 Å². The second kappa shape index (κ2) is 7.39. The molecule has 0 saturated heterocycles. The maximum absolute atomic E-state index is 12.9. The molecule has 0 saturated carbocycles. The van der Waals surface area contributed by atoms with Crippen molar-refractivity contribution in [2.45, 2.75) is 6.54 Å². The summed E-state index contributed by atoms with van der Waals surface area (Å²) in [7, 11) is 0. The van der Waals surface area contributed by atoms with E-state index in [9.17, 15) is 9.59 Å². The fourth-order valence-corrected chi connectivity index (χ4v) is 3.71. The van der Waals surface area contributed by atoms with Crippen molar-refractivity contribution in [2.75, 3.05) is 0 Å². The van der Waals surface area contributed by atoms with Gasteiger partial charge in [0.05, 0.1) is 0 Å². The molecule has 0 aliphatic rings. The highest BCUT2D eigenvalue weighted by molar-refractivity contribution is 7.13. The van der Waals surface area contributed by atoms with Crippen LogP contribution in [0.4, 0.5) is 0 Å². The number of thiophene rings is 1. The smallest absolute Gasteiger partial charge is 0.257 e. The number of aromatic amines is 1. The van der Waals surface area contributed by atoms with Crippen molar-refractivity contribution in [1.29, 1.82) is 0 Å². The summed E-state index contributed by atoms with van der Waals surface area (Å²) in [5.74, 6) is -0.408. The predicted octanol–water partition coefficient (Wildman–Crippen LogP) is 4.84. The fraction of sp³-hybridized carbons (Fsp3) is 0.0476. The van der Waals surface area contributed by atoms with Gasteiger partial charge in [-0.15, -0.1) is 11.3 Å². The number of H-pyrrole nitrogens is 1. The van der Waals surface area contributed by atoms with Crippen LogP contribution in [-0.4, -0.2) is 10.9 Å². The van der Waals surface area contributed by atoms with E-state index in [2.05, 4.69) is 10.3 Å². The molecule has 6 heteroatoms. The number of benzene rings is 2. The standard InChI is InChI=1S/C21H15ClN2O2S/c22-15-6-3-13(4-7-15)11-24-21(26)17-12-23-18-8-5-14(10-16(18)20(17)25)19-2-1-9-27-19/h1-10,12H,11H2,(H,23,25)(H,24,26). The van der Waals surface area contributed by atoms with Crippen molar-refractivity contribution in [3.05, 3.63) is 92.5 Å². The highest BCUT2D eigenvalue weighted by Crippen LogP contribution is 2.26. The first kappa shape index (κ1) is 17.5. The van der Waals surface area contributed by atoms with Gasteiger partial charge in [0.15, 0.2) is 0 Å². The summed E-state index contributed by atoms with van der Waals surface area (Å²) < 4.78 is 0. The van der Waals surface area contributed by atoms with E-state index >= 15 is 0 Å². The van der Waals surface area contributed by atoms with E-state index in [1.165, 1.54) is 6.20 Å². The Kier molecular flexibility index (Phi) is 4.79. The average molecular weight is 395 g/mol. The van der Waals surface area contributed by atoms with Gasteiger partial charge in [-0.3, -0.25) is 9.59 Å². The van der Waals surface area contributed by atoms with Gasteiger partial charge in [0.1, 0.15) is 5.56 Å². The van der Waals surface area contributed by atoms with Crippen LogP contribution >= 0.6 is 22.9 Å². The number of rotatable bonds is 4. The van der Waals surface area contributed by atoms with Gasteiger partial charge in [-0.1, -0.05) is 35.9 Å². The summed E-state index contributed by atoms with van der Waals surface area (Å²) in [4.78, 5) is 29.5. The number of nitrogens with one attached hydrogen (secondary N) is 2. The van der Waals surface area contributed by atoms with E-state index in [1.54, 1.807) is 23.5 Å². The van der Waals surface area contributed by atoms with Crippen LogP contribution in [0.3, 0.4) is 0 Å². The third-order valence-corrected chi connectivity index (χ3v) is 5.47. The minimum absolute atomic E-state index is 0.0970. The molecule has 0 spiro atoms. The lowest BCUT2D eigenvalue weighted by atomic mass is 10.1. The first-order chi connectivity index (χ1) is 13.1. The lowest BCUT2D eigenvalue weighted by molar-refractivity contribution is 0.0949. The summed E-state index contributed by atoms with van der Waals surface area (Å²) >= 11 is 7.47. The van der Waals surface area contributed by atoms with Crippen LogP contribution in [0.5, 0.6) is 0 Å². The Labute approximate surface area is 164 Å². The summed E-state index contributed by atoms with van der Waals surface area (Å²) in [6.07, 6.45) is 1.46. The van der Waals surface area contributed by atoms with Gasteiger partial charge in [0.25, 0.3) is 5.91 Å². The van der Waals surface area contributed by atoms with Crippen LogP contribution in [0.1, 0.15) is 15.9 Å². The second-order valence-electron chi connectivity index (χ2n) is 6.08. The van der Waals surface area contributed by atoms with Gasteiger partial charge in [0, 0.05) is 33.5 Å². The summed E-state index contributed by atoms with van der Waals surface area (Å²) in [5.41, 5.74) is 2.39. The van der Waals surface area contributed by atoms with Gasteiger partial charge in [0.2, 0.25) is 5.43 Å². The number of hydrogen-bond donors (Lipinski definition) is 2. The minimum atomic E-state index is -0.408. The molecule has 4 rings (SSSR count). The highest BCUT2D eigenvalue weighted by Gasteiger charge is 2.13. The number of aromatic nitrogens is 1. The van der Waals surface area contributed by atoms with Gasteiger partial charge in [-0.05, 0) is 46.8 Å². The quantitative estimate of drug-likeness (QED) is 0.520. The molecular weight excluding hydrogens is 380 g/mol. The van der Waals surface area contributed by atoms with Gasteiger partial charge in [-0.2, -0.15) is 0 Å². The lowest BCUT2D eigenvalue weighted by Gasteiger charge is -2.07. The molecule has 0 aliphatic heterocycles. The minimum Gasteiger partial charge on any atom is -0.360 e. The largest absolute Gasteiger partial charge is 0.360 e. The van der Waals surface area contributed by atoms with Crippen molar-refractivity contribution in [2.24, 2.45) is 0 Å². The van der Waals surface area contributed by atoms with Crippen molar-refractivity contribution in [3.8, 4) is 10.4 Å². The van der Waals surface area contributed by atoms with E-state index < -0.39 is 5.91 Å². The van der Waals surface area contributed by atoms with E-state index in [-0.39, 0.29) is 11.0 Å². The van der Waals surface area contributed by atoms with Crippen LogP contribution in [-0.2, 0) is 6.54 Å². The molecule has 2 aromatic carbocycles. The molecule has 0 atom stereocenters. The molecule has 0 fully saturated rings. The normalized spacial score (nSPS) is 10.9. The molecule has 2 aromatic heterocycles. The summed E-state index contributed by atoms with van der Waals surface area (Å²) in [6.45, 7) is 0.322. The van der Waals surface area contributed by atoms with Gasteiger partial charge >= 0.3 is 0 Å². The number of pyridine rings is 1. The average Bonchev–Trinajstić information content (AvgIpc) is 3.22. The van der Waals surface area contributed by atoms with Crippen LogP contribution in [0.25, 0.3) is 21.3 Å². The molecule has 134 valence electrons. The Morgan fingerprint density at radius 1 is 1.11 bits per heavy atom. The third-order valence-electron chi connectivity index (χ3n) is 4.30. The molecule has 0 bridgehead atoms. The Bertz CT molecular complexity index is 1170. The van der Waals surface area contributed by atoms with E-state index in [0.717, 1.165) is 16.0 Å². The number of carbonyl (C=O) groups excluding carboxylic acids is 1. The molecule has 0 radical (unpaired) electrons. The van der Waals surface area contributed by atoms with E-state index in [1.807, 2.05) is 47.8 Å². The number of amides is 1. The zero-order chi connectivity index (χ0) is 18.8. The summed E-state index contributed by atoms with van der Waals surface area (Å²) in [6, 6.07) is 16.8. The van der Waals surface area contributed by atoms with Crippen LogP contribution < -0.4 is 10.7 Å². The predicted molar refractivity (Wildman–Crippen MR) is 111 cm³/mol. The molecule has 4 nitrogen and oxygen atoms in total. The number of hydrogen-bond acceptors (Lipinski definition) is 3. The topological polar surface area (TPSA) is 62.0 Å². The van der Waals surface area contributed by atoms with Gasteiger partial charge < -0.3 is 10.3 Å². The van der Waals surface area contributed by atoms with Crippen LogP contribution in [0.2, 0.25) is 5.02 Å². The number of halogens is 1. The molecule has 4 aromatic rings. The summed E-state index contributed by atoms with van der Waals surface area (Å²) in [5, 5.41) is 5.91. The second-order valence-corrected chi connectivity index (χ2v) is 7.46. The van der Waals surface area contributed by atoms with Crippen molar-refractivity contribution < 1.29 is 4.79 Å². The Morgan fingerprint density at radius 3 is 2.67 bits per heavy atom. The molecule has 0 aliphatic carbocycles. The maximum Gasteiger partial charge on any atom is 0.257 e. The van der Waals surface area contributed by atoms with Crippen molar-refractivity contribution >= 4 is 39.7 Å². The zero-order valence-corrected chi connectivity index (χ0v) is 15.7. The zero-order valence-electron chi connectivity index (χ0n) is 14.2. The first-order valence-electron chi connectivity index (χ1n) is 8.34. The molecule has 1 amide bonds. The molecule has 27 heavy (non-hydrogen) atoms. The van der Waals surface area contributed by atoms with Crippen LogP contribution in [0, 0.1) is 0 Å². The maximum atomic E-state index is 12.9. The highest BCUT2D eigenvalue weighted by atomic mass is 35.5.